The summed E-state index contributed by atoms with van der Waals surface area (Å²) in [6.45, 7) is -0.374. The number of hydrogen-bond acceptors (Lipinski definition) is 7. The molecule has 0 aromatic rings. The molecular formula is C8H16O5S2. The van der Waals surface area contributed by atoms with Gasteiger partial charge in [0.25, 0.3) is 0 Å². The third-order valence-corrected chi connectivity index (χ3v) is 4.40. The summed E-state index contributed by atoms with van der Waals surface area (Å²) in [5, 5.41) is 38.2. The number of thioether (sulfide) groups is 2. The van der Waals surface area contributed by atoms with E-state index in [0.717, 1.165) is 0 Å². The molecule has 0 amide bonds. The summed E-state index contributed by atoms with van der Waals surface area (Å²) in [6.07, 6.45) is -2.55. The van der Waals surface area contributed by atoms with Gasteiger partial charge >= 0.3 is 0 Å². The molecule has 5 atom stereocenters. The molecule has 0 saturated carbocycles. The first-order valence-electron chi connectivity index (χ1n) is 4.53. The molecule has 1 heterocycles. The Morgan fingerprint density at radius 3 is 2.33 bits per heavy atom. The van der Waals surface area contributed by atoms with Gasteiger partial charge in [-0.15, -0.1) is 11.8 Å². The fourth-order valence-electron chi connectivity index (χ4n) is 1.34. The topological polar surface area (TPSA) is 90.2 Å². The highest BCUT2D eigenvalue weighted by Crippen LogP contribution is 2.29. The minimum absolute atomic E-state index is 0.374. The van der Waals surface area contributed by atoms with Crippen LogP contribution in [-0.4, -0.2) is 68.2 Å². The second-order valence-electron chi connectivity index (χ2n) is 3.27. The fourth-order valence-corrected chi connectivity index (χ4v) is 3.00. The van der Waals surface area contributed by atoms with E-state index < -0.39 is 29.9 Å². The van der Waals surface area contributed by atoms with Gasteiger partial charge in [0, 0.05) is 5.08 Å². The van der Waals surface area contributed by atoms with E-state index in [1.807, 2.05) is 6.26 Å². The quantitative estimate of drug-likeness (QED) is 0.472. The zero-order valence-corrected chi connectivity index (χ0v) is 9.95. The average Bonchev–Trinajstić information content (AvgIpc) is 2.25. The van der Waals surface area contributed by atoms with E-state index >= 15 is 0 Å². The SMILES string of the molecule is CSCSC1OC(CO)C(O)C(O)C1O. The molecule has 0 aromatic carbocycles. The second kappa shape index (κ2) is 6.29. The molecule has 90 valence electrons. The van der Waals surface area contributed by atoms with Crippen molar-refractivity contribution >= 4 is 23.5 Å². The molecule has 5 nitrogen and oxygen atoms in total. The van der Waals surface area contributed by atoms with Crippen molar-refractivity contribution in [2.75, 3.05) is 17.9 Å². The van der Waals surface area contributed by atoms with Crippen molar-refractivity contribution in [2.45, 2.75) is 29.9 Å². The van der Waals surface area contributed by atoms with Crippen molar-refractivity contribution in [3.63, 3.8) is 0 Å². The normalized spacial score (nSPS) is 41.8. The van der Waals surface area contributed by atoms with Crippen LogP contribution < -0.4 is 0 Å². The highest BCUT2D eigenvalue weighted by molar-refractivity contribution is 8.15. The lowest BCUT2D eigenvalue weighted by Gasteiger charge is -2.39. The van der Waals surface area contributed by atoms with Gasteiger partial charge < -0.3 is 25.2 Å². The van der Waals surface area contributed by atoms with Gasteiger partial charge in [0.1, 0.15) is 29.9 Å². The van der Waals surface area contributed by atoms with Gasteiger partial charge in [-0.1, -0.05) is 0 Å². The number of aliphatic hydroxyl groups excluding tert-OH is 4. The van der Waals surface area contributed by atoms with Gasteiger partial charge in [-0.05, 0) is 6.26 Å². The lowest BCUT2D eigenvalue weighted by atomic mass is 10.0. The Balaban J connectivity index is 2.57. The summed E-state index contributed by atoms with van der Waals surface area (Å²) in [7, 11) is 0. The minimum atomic E-state index is -1.27. The monoisotopic (exact) mass is 256 g/mol. The summed E-state index contributed by atoms with van der Waals surface area (Å²) in [6, 6.07) is 0. The summed E-state index contributed by atoms with van der Waals surface area (Å²) in [5.74, 6) is 0. The molecule has 1 saturated heterocycles. The van der Waals surface area contributed by atoms with E-state index in [0.29, 0.717) is 5.08 Å². The maximum absolute atomic E-state index is 9.60. The van der Waals surface area contributed by atoms with Crippen LogP contribution in [0.2, 0.25) is 0 Å². The molecule has 1 rings (SSSR count). The summed E-state index contributed by atoms with van der Waals surface area (Å²) >= 11 is 2.91. The zero-order chi connectivity index (χ0) is 11.4. The Bertz CT molecular complexity index is 192. The Morgan fingerprint density at radius 1 is 1.13 bits per heavy atom. The van der Waals surface area contributed by atoms with Crippen molar-refractivity contribution < 1.29 is 25.2 Å². The maximum atomic E-state index is 9.60. The smallest absolute Gasteiger partial charge is 0.133 e. The number of ether oxygens (including phenoxy) is 1. The predicted octanol–water partition coefficient (Wildman–Crippen LogP) is -1.16. The van der Waals surface area contributed by atoms with Crippen molar-refractivity contribution in [3.05, 3.63) is 0 Å². The fraction of sp³-hybridized carbons (Fsp3) is 1.00. The van der Waals surface area contributed by atoms with Crippen molar-refractivity contribution in [2.24, 2.45) is 0 Å². The van der Waals surface area contributed by atoms with Crippen molar-refractivity contribution in [1.82, 2.24) is 0 Å². The molecular weight excluding hydrogens is 240 g/mol. The van der Waals surface area contributed by atoms with E-state index in [1.165, 1.54) is 11.8 Å². The second-order valence-corrected chi connectivity index (χ2v) is 5.59. The summed E-state index contributed by atoms with van der Waals surface area (Å²) < 4.78 is 5.27. The molecule has 4 N–H and O–H groups in total. The summed E-state index contributed by atoms with van der Waals surface area (Å²) in [4.78, 5) is 0. The number of aliphatic hydroxyl groups is 4. The summed E-state index contributed by atoms with van der Waals surface area (Å²) in [5.41, 5.74) is -0.604. The first-order chi connectivity index (χ1) is 7.11. The van der Waals surface area contributed by atoms with Gasteiger partial charge in [-0.2, -0.15) is 11.8 Å². The molecule has 0 spiro atoms. The Kier molecular flexibility index (Phi) is 5.69. The zero-order valence-electron chi connectivity index (χ0n) is 8.31. The molecule has 7 heteroatoms. The lowest BCUT2D eigenvalue weighted by molar-refractivity contribution is -0.205. The van der Waals surface area contributed by atoms with E-state index in [4.69, 9.17) is 9.84 Å². The van der Waals surface area contributed by atoms with Crippen LogP contribution in [0.1, 0.15) is 0 Å². The van der Waals surface area contributed by atoms with E-state index in [9.17, 15) is 15.3 Å². The van der Waals surface area contributed by atoms with Crippen LogP contribution in [-0.2, 0) is 4.74 Å². The molecule has 1 aliphatic rings. The predicted molar refractivity (Wildman–Crippen MR) is 59.7 cm³/mol. The van der Waals surface area contributed by atoms with Crippen LogP contribution in [0, 0.1) is 0 Å². The van der Waals surface area contributed by atoms with Crippen LogP contribution in [0.25, 0.3) is 0 Å². The van der Waals surface area contributed by atoms with Gasteiger partial charge in [-0.3, -0.25) is 0 Å². The van der Waals surface area contributed by atoms with E-state index in [-0.39, 0.29) is 6.61 Å². The molecule has 15 heavy (non-hydrogen) atoms. The highest BCUT2D eigenvalue weighted by Gasteiger charge is 2.43. The number of rotatable bonds is 4. The number of hydrogen-bond donors (Lipinski definition) is 4. The standard InChI is InChI=1S/C8H16O5S2/c1-14-3-15-8-7(12)6(11)5(10)4(2-9)13-8/h4-12H,2-3H2,1H3. The molecule has 0 bridgehead atoms. The van der Waals surface area contributed by atoms with Crippen molar-refractivity contribution in [1.29, 1.82) is 0 Å². The van der Waals surface area contributed by atoms with Gasteiger partial charge in [0.2, 0.25) is 0 Å². The van der Waals surface area contributed by atoms with Gasteiger partial charge in [-0.25, -0.2) is 0 Å². The van der Waals surface area contributed by atoms with Crippen LogP contribution in [0.15, 0.2) is 0 Å². The lowest BCUT2D eigenvalue weighted by Crippen LogP contribution is -2.57. The van der Waals surface area contributed by atoms with Gasteiger partial charge in [0.15, 0.2) is 0 Å². The van der Waals surface area contributed by atoms with E-state index in [2.05, 4.69) is 0 Å². The third kappa shape index (κ3) is 3.23. The average molecular weight is 256 g/mol. The first kappa shape index (κ1) is 13.6. The maximum Gasteiger partial charge on any atom is 0.133 e. The van der Waals surface area contributed by atoms with Crippen LogP contribution >= 0.6 is 23.5 Å². The van der Waals surface area contributed by atoms with Crippen molar-refractivity contribution in [3.8, 4) is 0 Å². The largest absolute Gasteiger partial charge is 0.394 e. The Labute approximate surface area is 96.8 Å². The molecule has 5 unspecified atom stereocenters. The molecule has 0 aromatic heterocycles. The third-order valence-electron chi connectivity index (χ3n) is 2.20. The molecule has 0 aliphatic carbocycles. The van der Waals surface area contributed by atoms with Gasteiger partial charge in [0.05, 0.1) is 6.61 Å². The minimum Gasteiger partial charge on any atom is -0.394 e. The Morgan fingerprint density at radius 2 is 1.80 bits per heavy atom. The molecule has 0 radical (unpaired) electrons. The van der Waals surface area contributed by atoms with E-state index in [1.54, 1.807) is 11.8 Å². The molecule has 1 aliphatic heterocycles. The highest BCUT2D eigenvalue weighted by atomic mass is 32.2. The van der Waals surface area contributed by atoms with Crippen LogP contribution in [0.4, 0.5) is 0 Å². The molecule has 1 fully saturated rings. The van der Waals surface area contributed by atoms with Crippen LogP contribution in [0.5, 0.6) is 0 Å². The van der Waals surface area contributed by atoms with Crippen LogP contribution in [0.3, 0.4) is 0 Å². The Hall–Kier alpha value is 0.500. The first-order valence-corrected chi connectivity index (χ1v) is 6.97.